The summed E-state index contributed by atoms with van der Waals surface area (Å²) in [4.78, 5) is 32.9. The van der Waals surface area contributed by atoms with Crippen molar-refractivity contribution in [2.24, 2.45) is 5.73 Å². The van der Waals surface area contributed by atoms with E-state index in [-0.39, 0.29) is 18.8 Å². The highest BCUT2D eigenvalue weighted by molar-refractivity contribution is 5.91. The number of nitrogens with two attached hydrogens (primary N) is 1. The summed E-state index contributed by atoms with van der Waals surface area (Å²) in [6, 6.07) is 5.92. The summed E-state index contributed by atoms with van der Waals surface area (Å²) >= 11 is 0. The van der Waals surface area contributed by atoms with Crippen molar-refractivity contribution in [1.29, 1.82) is 0 Å². The molecule has 0 aliphatic heterocycles. The van der Waals surface area contributed by atoms with Gasteiger partial charge in [0.2, 0.25) is 0 Å². The molecule has 0 saturated heterocycles. The third-order valence-electron chi connectivity index (χ3n) is 2.08. The van der Waals surface area contributed by atoms with Crippen LogP contribution < -0.4 is 15.8 Å². The predicted octanol–water partition coefficient (Wildman–Crippen LogP) is -0.546. The van der Waals surface area contributed by atoms with Crippen LogP contribution in [0.4, 0.5) is 0 Å². The summed E-state index contributed by atoms with van der Waals surface area (Å²) in [5.41, 5.74) is 5.20. The zero-order chi connectivity index (χ0) is 14.3. The number of carbonyl (C=O) groups is 3. The molecule has 7 nitrogen and oxygen atoms in total. The van der Waals surface area contributed by atoms with Gasteiger partial charge in [0.25, 0.3) is 11.8 Å². The van der Waals surface area contributed by atoms with E-state index in [1.807, 2.05) is 0 Å². The highest BCUT2D eigenvalue weighted by Crippen LogP contribution is 2.12. The minimum Gasteiger partial charge on any atom is -0.484 e. The Morgan fingerprint density at radius 3 is 2.32 bits per heavy atom. The topological polar surface area (TPSA) is 108 Å². The maximum Gasteiger partial charge on any atom is 0.338 e. The second-order valence-corrected chi connectivity index (χ2v) is 3.53. The molecule has 0 aromatic heterocycles. The third kappa shape index (κ3) is 5.07. The molecule has 0 heterocycles. The van der Waals surface area contributed by atoms with E-state index in [9.17, 15) is 14.4 Å². The molecule has 2 amide bonds. The van der Waals surface area contributed by atoms with E-state index in [2.05, 4.69) is 5.32 Å². The van der Waals surface area contributed by atoms with Crippen LogP contribution in [0.15, 0.2) is 24.3 Å². The van der Waals surface area contributed by atoms with Gasteiger partial charge in [-0.3, -0.25) is 9.59 Å². The molecule has 1 aromatic carbocycles. The summed E-state index contributed by atoms with van der Waals surface area (Å²) in [5, 5.41) is 2.33. The van der Waals surface area contributed by atoms with Gasteiger partial charge < -0.3 is 20.5 Å². The van der Waals surface area contributed by atoms with E-state index >= 15 is 0 Å². The summed E-state index contributed by atoms with van der Waals surface area (Å²) in [6.45, 7) is -0.574. The fourth-order valence-electron chi connectivity index (χ4n) is 1.13. The standard InChI is InChI=1S/C12H14N2O5/c1-14-11(16)7-19-12(17)8-2-4-9(5-3-8)18-6-10(13)15/h2-5H,6-7H2,1H3,(H2,13,15)(H,14,16). The molecule has 0 radical (unpaired) electrons. The molecule has 1 rings (SSSR count). The monoisotopic (exact) mass is 266 g/mol. The Kier molecular flexibility index (Phi) is 5.34. The Hall–Kier alpha value is -2.57. The quantitative estimate of drug-likeness (QED) is 0.672. The molecule has 0 spiro atoms. The zero-order valence-corrected chi connectivity index (χ0v) is 10.3. The highest BCUT2D eigenvalue weighted by Gasteiger charge is 2.09. The first-order chi connectivity index (χ1) is 9.02. The highest BCUT2D eigenvalue weighted by atomic mass is 16.5. The van der Waals surface area contributed by atoms with Gasteiger partial charge in [-0.15, -0.1) is 0 Å². The average Bonchev–Trinajstić information content (AvgIpc) is 2.42. The molecule has 0 unspecified atom stereocenters. The fraction of sp³-hybridized carbons (Fsp3) is 0.250. The van der Waals surface area contributed by atoms with Gasteiger partial charge in [0, 0.05) is 7.05 Å². The Bertz CT molecular complexity index is 470. The van der Waals surface area contributed by atoms with E-state index in [4.69, 9.17) is 15.2 Å². The Labute approximate surface area is 109 Å². The maximum atomic E-state index is 11.5. The molecule has 3 N–H and O–H groups in total. The number of hydrogen-bond acceptors (Lipinski definition) is 5. The van der Waals surface area contributed by atoms with Crippen molar-refractivity contribution in [3.05, 3.63) is 29.8 Å². The number of benzene rings is 1. The van der Waals surface area contributed by atoms with Crippen molar-refractivity contribution in [1.82, 2.24) is 5.32 Å². The van der Waals surface area contributed by atoms with Crippen LogP contribution in [-0.4, -0.2) is 38.0 Å². The number of nitrogens with one attached hydrogen (secondary N) is 1. The minimum atomic E-state index is -0.620. The number of rotatable bonds is 6. The Balaban J connectivity index is 2.53. The molecule has 0 saturated carbocycles. The van der Waals surface area contributed by atoms with Gasteiger partial charge in [0.1, 0.15) is 5.75 Å². The lowest BCUT2D eigenvalue weighted by atomic mass is 10.2. The molecule has 102 valence electrons. The number of hydrogen-bond donors (Lipinski definition) is 2. The predicted molar refractivity (Wildman–Crippen MR) is 65.5 cm³/mol. The zero-order valence-electron chi connectivity index (χ0n) is 10.3. The SMILES string of the molecule is CNC(=O)COC(=O)c1ccc(OCC(N)=O)cc1. The number of amides is 2. The van der Waals surface area contributed by atoms with Gasteiger partial charge in [0.15, 0.2) is 13.2 Å². The lowest BCUT2D eigenvalue weighted by molar-refractivity contribution is -0.123. The minimum absolute atomic E-state index is 0.236. The van der Waals surface area contributed by atoms with Crippen LogP contribution in [0.25, 0.3) is 0 Å². The van der Waals surface area contributed by atoms with Gasteiger partial charge in [-0.2, -0.15) is 0 Å². The van der Waals surface area contributed by atoms with Gasteiger partial charge in [-0.1, -0.05) is 0 Å². The first-order valence-electron chi connectivity index (χ1n) is 5.42. The third-order valence-corrected chi connectivity index (χ3v) is 2.08. The normalized spacial score (nSPS) is 9.53. The molecule has 19 heavy (non-hydrogen) atoms. The molecular weight excluding hydrogens is 252 g/mol. The second kappa shape index (κ2) is 7.00. The molecule has 7 heteroatoms. The van der Waals surface area contributed by atoms with Crippen molar-refractivity contribution in [3.8, 4) is 5.75 Å². The van der Waals surface area contributed by atoms with Crippen LogP contribution in [0.2, 0.25) is 0 Å². The van der Waals surface area contributed by atoms with Crippen LogP contribution in [0.5, 0.6) is 5.75 Å². The molecule has 1 aromatic rings. The lowest BCUT2D eigenvalue weighted by Crippen LogP contribution is -2.25. The van der Waals surface area contributed by atoms with Crippen molar-refractivity contribution in [2.75, 3.05) is 20.3 Å². The van der Waals surface area contributed by atoms with Gasteiger partial charge in [0.05, 0.1) is 5.56 Å². The van der Waals surface area contributed by atoms with E-state index in [0.29, 0.717) is 5.75 Å². The lowest BCUT2D eigenvalue weighted by Gasteiger charge is -2.06. The number of ether oxygens (including phenoxy) is 2. The molecule has 0 aliphatic rings. The van der Waals surface area contributed by atoms with Gasteiger partial charge in [-0.05, 0) is 24.3 Å². The molecule has 0 fully saturated rings. The second-order valence-electron chi connectivity index (χ2n) is 3.53. The van der Waals surface area contributed by atoms with Crippen LogP contribution in [0.3, 0.4) is 0 Å². The summed E-state index contributed by atoms with van der Waals surface area (Å²) < 4.78 is 9.78. The van der Waals surface area contributed by atoms with E-state index in [1.165, 1.54) is 31.3 Å². The van der Waals surface area contributed by atoms with E-state index in [1.54, 1.807) is 0 Å². The fourth-order valence-corrected chi connectivity index (χ4v) is 1.13. The molecule has 0 bridgehead atoms. The van der Waals surface area contributed by atoms with E-state index in [0.717, 1.165) is 0 Å². The summed E-state index contributed by atoms with van der Waals surface area (Å²) in [5.74, 6) is -1.20. The van der Waals surface area contributed by atoms with Crippen molar-refractivity contribution >= 4 is 17.8 Å². The number of carbonyl (C=O) groups excluding carboxylic acids is 3. The number of likely N-dealkylation sites (N-methyl/N-ethyl adjacent to an activating group) is 1. The van der Waals surface area contributed by atoms with Crippen molar-refractivity contribution in [2.45, 2.75) is 0 Å². The maximum absolute atomic E-state index is 11.5. The summed E-state index contributed by atoms with van der Waals surface area (Å²) in [7, 11) is 1.45. The van der Waals surface area contributed by atoms with E-state index < -0.39 is 17.8 Å². The number of esters is 1. The largest absolute Gasteiger partial charge is 0.484 e. The molecule has 0 aliphatic carbocycles. The average molecular weight is 266 g/mol. The van der Waals surface area contributed by atoms with Crippen LogP contribution in [0, 0.1) is 0 Å². The summed E-state index contributed by atoms with van der Waals surface area (Å²) in [6.07, 6.45) is 0. The number of primary amides is 1. The Morgan fingerprint density at radius 1 is 1.16 bits per heavy atom. The van der Waals surface area contributed by atoms with Crippen LogP contribution in [0.1, 0.15) is 10.4 Å². The van der Waals surface area contributed by atoms with Gasteiger partial charge >= 0.3 is 5.97 Å². The Morgan fingerprint density at radius 2 is 1.79 bits per heavy atom. The van der Waals surface area contributed by atoms with Crippen molar-refractivity contribution < 1.29 is 23.9 Å². The molecule has 0 atom stereocenters. The van der Waals surface area contributed by atoms with Crippen LogP contribution in [-0.2, 0) is 14.3 Å². The first kappa shape index (κ1) is 14.5. The van der Waals surface area contributed by atoms with Crippen LogP contribution >= 0.6 is 0 Å². The molecular formula is C12H14N2O5. The smallest absolute Gasteiger partial charge is 0.338 e. The van der Waals surface area contributed by atoms with Crippen molar-refractivity contribution in [3.63, 3.8) is 0 Å². The first-order valence-corrected chi connectivity index (χ1v) is 5.42. The van der Waals surface area contributed by atoms with Gasteiger partial charge in [-0.25, -0.2) is 4.79 Å².